The number of thiazole rings is 1. The first-order valence-electron chi connectivity index (χ1n) is 6.47. The number of hydrogen-bond acceptors (Lipinski definition) is 7. The summed E-state index contributed by atoms with van der Waals surface area (Å²) in [5.41, 5.74) is 0.0588. The van der Waals surface area contributed by atoms with Gasteiger partial charge in [0.1, 0.15) is 10.7 Å². The second-order valence-electron chi connectivity index (χ2n) is 4.31. The minimum absolute atomic E-state index is 0.0588. The van der Waals surface area contributed by atoms with Crippen molar-refractivity contribution >= 4 is 28.2 Å². The number of nitrogens with one attached hydrogen (secondary N) is 2. The number of imidazole rings is 1. The first-order chi connectivity index (χ1) is 10.0. The van der Waals surface area contributed by atoms with Crippen molar-refractivity contribution in [3.8, 4) is 0 Å². The Morgan fingerprint density at radius 3 is 2.86 bits per heavy atom. The molecule has 21 heavy (non-hydrogen) atoms. The molecule has 0 aliphatic rings. The summed E-state index contributed by atoms with van der Waals surface area (Å²) in [6.07, 6.45) is 3.38. The van der Waals surface area contributed by atoms with Gasteiger partial charge in [-0.2, -0.15) is 0 Å². The molecule has 1 unspecified atom stereocenters. The van der Waals surface area contributed by atoms with Gasteiger partial charge in [-0.05, 0) is 13.8 Å². The maximum atomic E-state index is 11.8. The Hall–Kier alpha value is -2.22. The van der Waals surface area contributed by atoms with Crippen LogP contribution in [-0.4, -0.2) is 33.3 Å². The molecule has 0 bridgehead atoms. The van der Waals surface area contributed by atoms with Gasteiger partial charge in [0.25, 0.3) is 0 Å². The van der Waals surface area contributed by atoms with Crippen LogP contribution in [0.25, 0.3) is 0 Å². The van der Waals surface area contributed by atoms with E-state index in [1.807, 2.05) is 6.92 Å². The van der Waals surface area contributed by atoms with E-state index in [-0.39, 0.29) is 24.1 Å². The zero-order valence-electron chi connectivity index (χ0n) is 12.0. The third-order valence-electron chi connectivity index (χ3n) is 2.69. The number of ketones is 1. The van der Waals surface area contributed by atoms with Gasteiger partial charge in [-0.1, -0.05) is 11.3 Å². The average molecular weight is 308 g/mol. The van der Waals surface area contributed by atoms with E-state index in [9.17, 15) is 9.59 Å². The number of carbonyl (C=O) groups is 2. The van der Waals surface area contributed by atoms with Crippen molar-refractivity contribution in [1.29, 1.82) is 0 Å². The molecule has 0 spiro atoms. The third kappa shape index (κ3) is 3.46. The number of aromatic amines is 1. The fourth-order valence-electron chi connectivity index (χ4n) is 1.73. The smallest absolute Gasteiger partial charge is 0.358 e. The second kappa shape index (κ2) is 6.49. The molecule has 0 aromatic carbocycles. The zero-order valence-corrected chi connectivity index (χ0v) is 12.8. The molecule has 2 rings (SSSR count). The Morgan fingerprint density at radius 1 is 1.52 bits per heavy atom. The summed E-state index contributed by atoms with van der Waals surface area (Å²) in [6, 6.07) is -0.124. The van der Waals surface area contributed by atoms with Gasteiger partial charge in [-0.25, -0.2) is 14.8 Å². The molecule has 0 aliphatic carbocycles. The summed E-state index contributed by atoms with van der Waals surface area (Å²) in [7, 11) is 0. The topological polar surface area (TPSA) is 97.0 Å². The van der Waals surface area contributed by atoms with E-state index in [2.05, 4.69) is 20.3 Å². The quantitative estimate of drug-likeness (QED) is 0.628. The molecule has 8 heteroatoms. The minimum Gasteiger partial charge on any atom is -0.461 e. The van der Waals surface area contributed by atoms with Crippen LogP contribution in [0.4, 0.5) is 5.13 Å². The van der Waals surface area contributed by atoms with Gasteiger partial charge < -0.3 is 15.0 Å². The van der Waals surface area contributed by atoms with E-state index in [0.717, 1.165) is 17.2 Å². The van der Waals surface area contributed by atoms with Crippen LogP contribution < -0.4 is 5.32 Å². The molecule has 112 valence electrons. The normalized spacial score (nSPS) is 12.0. The average Bonchev–Trinajstić information content (AvgIpc) is 3.07. The Kier molecular flexibility index (Phi) is 4.69. The Bertz CT molecular complexity index is 636. The number of Topliss-reactive ketones (excluding diaryl/α,β-unsaturated/α-hetero) is 1. The highest BCUT2D eigenvalue weighted by molar-refractivity contribution is 7.17. The van der Waals surface area contributed by atoms with Gasteiger partial charge in [-0.3, -0.25) is 4.79 Å². The summed E-state index contributed by atoms with van der Waals surface area (Å²) in [4.78, 5) is 35.0. The molecule has 0 radical (unpaired) electrons. The van der Waals surface area contributed by atoms with Crippen LogP contribution in [-0.2, 0) is 4.74 Å². The van der Waals surface area contributed by atoms with E-state index in [1.165, 1.54) is 6.92 Å². The van der Waals surface area contributed by atoms with Crippen molar-refractivity contribution in [3.05, 3.63) is 28.8 Å². The van der Waals surface area contributed by atoms with Gasteiger partial charge in [0.05, 0.1) is 12.6 Å². The number of carbonyl (C=O) groups excluding carboxylic acids is 2. The van der Waals surface area contributed by atoms with Gasteiger partial charge >= 0.3 is 5.97 Å². The van der Waals surface area contributed by atoms with Crippen molar-refractivity contribution in [2.45, 2.75) is 26.8 Å². The van der Waals surface area contributed by atoms with Crippen LogP contribution in [0, 0.1) is 0 Å². The van der Waals surface area contributed by atoms with Crippen LogP contribution in [0.2, 0.25) is 0 Å². The molecule has 2 N–H and O–H groups in total. The van der Waals surface area contributed by atoms with E-state index in [4.69, 9.17) is 4.74 Å². The van der Waals surface area contributed by atoms with E-state index >= 15 is 0 Å². The van der Waals surface area contributed by atoms with Crippen LogP contribution in [0.3, 0.4) is 0 Å². The molecule has 2 aromatic heterocycles. The molecule has 1 atom stereocenters. The molecule has 0 amide bonds. The number of rotatable bonds is 6. The van der Waals surface area contributed by atoms with Crippen LogP contribution in [0.1, 0.15) is 52.8 Å². The summed E-state index contributed by atoms with van der Waals surface area (Å²) in [6.45, 7) is 5.24. The molecular weight excluding hydrogens is 292 g/mol. The number of ether oxygens (including phenoxy) is 1. The fraction of sp³-hybridized carbons (Fsp3) is 0.385. The summed E-state index contributed by atoms with van der Waals surface area (Å²) >= 11 is 1.13. The van der Waals surface area contributed by atoms with Crippen molar-refractivity contribution < 1.29 is 14.3 Å². The third-order valence-corrected chi connectivity index (χ3v) is 3.77. The predicted molar refractivity (Wildman–Crippen MR) is 78.7 cm³/mol. The lowest BCUT2D eigenvalue weighted by molar-refractivity contribution is 0.0517. The van der Waals surface area contributed by atoms with Crippen LogP contribution >= 0.6 is 11.3 Å². The SMILES string of the molecule is CCOC(=O)c1nc(NC(C)c2ncc[nH]2)sc1C(C)=O. The van der Waals surface area contributed by atoms with Crippen molar-refractivity contribution in [2.75, 3.05) is 11.9 Å². The highest BCUT2D eigenvalue weighted by Crippen LogP contribution is 2.27. The van der Waals surface area contributed by atoms with E-state index in [1.54, 1.807) is 19.3 Å². The van der Waals surface area contributed by atoms with Gasteiger partial charge in [0, 0.05) is 19.3 Å². The number of H-pyrrole nitrogens is 1. The number of esters is 1. The number of hydrogen-bond donors (Lipinski definition) is 2. The van der Waals surface area contributed by atoms with Gasteiger partial charge in [0.2, 0.25) is 0 Å². The van der Waals surface area contributed by atoms with Crippen LogP contribution in [0.5, 0.6) is 0 Å². The molecule has 0 saturated carbocycles. The van der Waals surface area contributed by atoms with E-state index < -0.39 is 5.97 Å². The lowest BCUT2D eigenvalue weighted by Gasteiger charge is -2.09. The first-order valence-corrected chi connectivity index (χ1v) is 7.29. The molecule has 0 saturated heterocycles. The largest absolute Gasteiger partial charge is 0.461 e. The van der Waals surface area contributed by atoms with Gasteiger partial charge in [-0.15, -0.1) is 0 Å². The lowest BCUT2D eigenvalue weighted by atomic mass is 10.3. The van der Waals surface area contributed by atoms with E-state index in [0.29, 0.717) is 10.0 Å². The highest BCUT2D eigenvalue weighted by Gasteiger charge is 2.23. The summed E-state index contributed by atoms with van der Waals surface area (Å²) < 4.78 is 4.92. The predicted octanol–water partition coefficient (Wildman–Crippen LogP) is 2.42. The highest BCUT2D eigenvalue weighted by atomic mass is 32.1. The maximum Gasteiger partial charge on any atom is 0.358 e. The molecule has 0 aliphatic heterocycles. The molecule has 7 nitrogen and oxygen atoms in total. The van der Waals surface area contributed by atoms with Crippen molar-refractivity contribution in [1.82, 2.24) is 15.0 Å². The maximum absolute atomic E-state index is 11.8. The zero-order chi connectivity index (χ0) is 15.4. The Morgan fingerprint density at radius 2 is 2.29 bits per heavy atom. The molecule has 2 heterocycles. The monoisotopic (exact) mass is 308 g/mol. The second-order valence-corrected chi connectivity index (χ2v) is 5.31. The lowest BCUT2D eigenvalue weighted by Crippen LogP contribution is -2.10. The first kappa shape index (κ1) is 15.2. The number of aromatic nitrogens is 3. The minimum atomic E-state index is -0.586. The summed E-state index contributed by atoms with van der Waals surface area (Å²) in [5.74, 6) is -0.0563. The fourth-order valence-corrected chi connectivity index (χ4v) is 2.66. The molecular formula is C13H16N4O3S. The standard InChI is InChI=1S/C13H16N4O3S/c1-4-20-12(19)9-10(8(3)18)21-13(17-9)16-7(2)11-14-5-6-15-11/h5-7H,4H2,1-3H3,(H,14,15)(H,16,17). The van der Waals surface area contributed by atoms with Crippen molar-refractivity contribution in [3.63, 3.8) is 0 Å². The Balaban J connectivity index is 2.23. The number of nitrogens with zero attached hydrogens (tertiary/aromatic N) is 2. The summed E-state index contributed by atoms with van der Waals surface area (Å²) in [5, 5.41) is 3.59. The number of anilines is 1. The van der Waals surface area contributed by atoms with Crippen LogP contribution in [0.15, 0.2) is 12.4 Å². The molecule has 2 aromatic rings. The van der Waals surface area contributed by atoms with Crippen molar-refractivity contribution in [2.24, 2.45) is 0 Å². The molecule has 0 fully saturated rings. The van der Waals surface area contributed by atoms with Gasteiger partial charge in [0.15, 0.2) is 16.6 Å². The Labute approximate surface area is 125 Å².